The van der Waals surface area contributed by atoms with Crippen LogP contribution in [0.5, 0.6) is 0 Å². The molecular weight excluding hydrogens is 657 g/mol. The molecule has 0 saturated heterocycles. The van der Waals surface area contributed by atoms with Crippen molar-refractivity contribution in [2.24, 2.45) is 35.5 Å². The van der Waals surface area contributed by atoms with Gasteiger partial charge in [0, 0.05) is 16.7 Å². The third kappa shape index (κ3) is 6.70. The Kier molecular flexibility index (Phi) is 9.04. The number of hydrogen-bond acceptors (Lipinski definition) is 4. The van der Waals surface area contributed by atoms with Crippen LogP contribution in [-0.4, -0.2) is 15.0 Å². The van der Waals surface area contributed by atoms with Gasteiger partial charge in [-0.2, -0.15) is 5.26 Å². The van der Waals surface area contributed by atoms with Crippen LogP contribution in [0.2, 0.25) is 0 Å². The maximum absolute atomic E-state index is 9.26. The summed E-state index contributed by atoms with van der Waals surface area (Å²) >= 11 is 0. The quantitative estimate of drug-likeness (QED) is 0.176. The van der Waals surface area contributed by atoms with Crippen molar-refractivity contribution < 1.29 is 0 Å². The molecule has 4 unspecified atom stereocenters. The lowest BCUT2D eigenvalue weighted by Crippen LogP contribution is -2.42. The zero-order chi connectivity index (χ0) is 37.0. The fourth-order valence-corrected chi connectivity index (χ4v) is 12.4. The minimum Gasteiger partial charge on any atom is -0.208 e. The number of aromatic nitrogens is 3. The summed E-state index contributed by atoms with van der Waals surface area (Å²) in [4.78, 5) is 15.5. The van der Waals surface area contributed by atoms with Crippen molar-refractivity contribution in [1.29, 1.82) is 5.26 Å². The van der Waals surface area contributed by atoms with Crippen molar-refractivity contribution in [3.05, 3.63) is 114 Å². The van der Waals surface area contributed by atoms with Gasteiger partial charge in [-0.3, -0.25) is 0 Å². The molecule has 1 aromatic heterocycles. The molecule has 0 amide bonds. The Balaban J connectivity index is 1.08. The molecule has 4 aromatic carbocycles. The lowest BCUT2D eigenvalue weighted by Gasteiger charge is -2.50. The summed E-state index contributed by atoms with van der Waals surface area (Å²) in [7, 11) is 0. The Hall–Kier alpha value is -4.62. The van der Waals surface area contributed by atoms with Gasteiger partial charge in [-0.05, 0) is 145 Å². The Morgan fingerprint density at radius 3 is 1.06 bits per heavy atom. The highest BCUT2D eigenvalue weighted by molar-refractivity contribution is 5.71. The summed E-state index contributed by atoms with van der Waals surface area (Å²) in [6.45, 7) is 9.85. The van der Waals surface area contributed by atoms with Crippen LogP contribution in [0.15, 0.2) is 97.1 Å². The van der Waals surface area contributed by atoms with E-state index < -0.39 is 0 Å². The van der Waals surface area contributed by atoms with E-state index in [9.17, 15) is 5.26 Å². The molecule has 274 valence electrons. The maximum Gasteiger partial charge on any atom is 0.164 e. The first-order valence-electron chi connectivity index (χ1n) is 20.7. The van der Waals surface area contributed by atoms with Gasteiger partial charge in [0.15, 0.2) is 17.5 Å². The largest absolute Gasteiger partial charge is 0.208 e. The first-order chi connectivity index (χ1) is 26.2. The fraction of sp³-hybridized carbons (Fsp3) is 0.440. The van der Waals surface area contributed by atoms with E-state index in [0.29, 0.717) is 11.4 Å². The molecule has 0 N–H and O–H groups in total. The van der Waals surface area contributed by atoms with Crippen molar-refractivity contribution in [2.45, 2.75) is 103 Å². The van der Waals surface area contributed by atoms with E-state index in [1.165, 1.54) is 75.3 Å². The third-order valence-corrected chi connectivity index (χ3v) is 13.9. The number of benzene rings is 4. The summed E-state index contributed by atoms with van der Waals surface area (Å²) in [5.41, 5.74) is 9.43. The smallest absolute Gasteiger partial charge is 0.164 e. The maximum atomic E-state index is 9.26. The minimum absolute atomic E-state index is 0.290. The van der Waals surface area contributed by atoms with Crippen LogP contribution < -0.4 is 0 Å². The monoisotopic (exact) mass is 710 g/mol. The predicted molar refractivity (Wildman–Crippen MR) is 219 cm³/mol. The SMILES string of the molecule is C[C@@H]1CC2C[C@H](C)CC(c3ccc(-c4nc(-c5ccc(-c6ccc(C#N)cc6)cc5)nc(-c5ccc(C67CC(C[C@@H](C)C6)C[C@H](C)C7)cc5)n4)cc3)(C2)C1. The zero-order valence-corrected chi connectivity index (χ0v) is 32.6. The summed E-state index contributed by atoms with van der Waals surface area (Å²) in [6, 6.07) is 37.0. The lowest BCUT2D eigenvalue weighted by molar-refractivity contribution is 0.0779. The van der Waals surface area contributed by atoms with E-state index in [-0.39, 0.29) is 10.8 Å². The topological polar surface area (TPSA) is 62.5 Å². The number of fused-ring (bicyclic) bond motifs is 4. The second kappa shape index (κ2) is 13.9. The zero-order valence-electron chi connectivity index (χ0n) is 32.6. The Bertz CT molecular complexity index is 2020. The molecule has 4 heteroatoms. The molecule has 9 rings (SSSR count). The van der Waals surface area contributed by atoms with Gasteiger partial charge >= 0.3 is 0 Å². The van der Waals surface area contributed by atoms with Gasteiger partial charge in [-0.1, -0.05) is 113 Å². The van der Waals surface area contributed by atoms with E-state index in [4.69, 9.17) is 15.0 Å². The Morgan fingerprint density at radius 2 is 0.722 bits per heavy atom. The van der Waals surface area contributed by atoms with E-state index in [1.54, 1.807) is 0 Å². The molecular formula is C50H54N4. The fourth-order valence-electron chi connectivity index (χ4n) is 12.4. The van der Waals surface area contributed by atoms with E-state index in [0.717, 1.165) is 75.0 Å². The average molecular weight is 711 g/mol. The highest BCUT2D eigenvalue weighted by atomic mass is 15.0. The molecule has 8 atom stereocenters. The van der Waals surface area contributed by atoms with Gasteiger partial charge in [-0.25, -0.2) is 15.0 Å². The minimum atomic E-state index is 0.290. The van der Waals surface area contributed by atoms with Crippen molar-refractivity contribution in [3.63, 3.8) is 0 Å². The highest BCUT2D eigenvalue weighted by Crippen LogP contribution is 2.55. The van der Waals surface area contributed by atoms with Gasteiger partial charge in [-0.15, -0.1) is 0 Å². The molecule has 4 aliphatic carbocycles. The normalized spacial score (nSPS) is 30.4. The summed E-state index contributed by atoms with van der Waals surface area (Å²) in [6.07, 6.45) is 13.4. The van der Waals surface area contributed by atoms with Gasteiger partial charge in [0.05, 0.1) is 11.6 Å². The third-order valence-electron chi connectivity index (χ3n) is 13.9. The van der Waals surface area contributed by atoms with Crippen molar-refractivity contribution in [1.82, 2.24) is 15.0 Å². The molecule has 0 radical (unpaired) electrons. The summed E-state index contributed by atoms with van der Waals surface area (Å²) < 4.78 is 0. The first kappa shape index (κ1) is 35.1. The summed E-state index contributed by atoms with van der Waals surface area (Å²) in [5.74, 6) is 6.94. The van der Waals surface area contributed by atoms with Gasteiger partial charge in [0.25, 0.3) is 0 Å². The second-order valence-electron chi connectivity index (χ2n) is 18.6. The highest BCUT2D eigenvalue weighted by Gasteiger charge is 2.46. The predicted octanol–water partition coefficient (Wildman–Crippen LogP) is 12.6. The van der Waals surface area contributed by atoms with Gasteiger partial charge in [0.1, 0.15) is 0 Å². The van der Waals surface area contributed by atoms with Crippen LogP contribution in [0.4, 0.5) is 0 Å². The lowest BCUT2D eigenvalue weighted by atomic mass is 9.54. The Morgan fingerprint density at radius 1 is 0.426 bits per heavy atom. The Labute approximate surface area is 322 Å². The second-order valence-corrected chi connectivity index (χ2v) is 18.6. The van der Waals surface area contributed by atoms with Crippen LogP contribution in [-0.2, 0) is 10.8 Å². The average Bonchev–Trinajstić information content (AvgIpc) is 3.17. The molecule has 4 aliphatic rings. The van der Waals surface area contributed by atoms with Crippen molar-refractivity contribution >= 4 is 0 Å². The molecule has 54 heavy (non-hydrogen) atoms. The number of nitrogens with zero attached hydrogens (tertiary/aromatic N) is 4. The van der Waals surface area contributed by atoms with Gasteiger partial charge in [0.2, 0.25) is 0 Å². The van der Waals surface area contributed by atoms with Crippen molar-refractivity contribution in [3.8, 4) is 51.4 Å². The number of rotatable bonds is 6. The standard InChI is InChI=1S/C50H54N4/c1-32-21-37-22-33(2)26-49(25-32,29-37)44-17-13-42(14-18-44)47-52-46(41-11-9-40(10-12-41)39-7-5-36(31-51)6-8-39)53-48(54-47)43-15-19-45(20-16-43)50-27-34(3)23-38(30-50)24-35(4)28-50/h5-20,32-35,37-38H,21-30H2,1-4H3/t32-,33+,34-,35+,37?,38?,49?,50?. The van der Waals surface area contributed by atoms with Gasteiger partial charge < -0.3 is 0 Å². The summed E-state index contributed by atoms with van der Waals surface area (Å²) in [5, 5.41) is 9.26. The molecule has 4 bridgehead atoms. The van der Waals surface area contributed by atoms with Crippen molar-refractivity contribution in [2.75, 3.05) is 0 Å². The number of nitriles is 1. The first-order valence-corrected chi connectivity index (χ1v) is 20.7. The molecule has 4 saturated carbocycles. The molecule has 4 fully saturated rings. The van der Waals surface area contributed by atoms with Crippen LogP contribution >= 0.6 is 0 Å². The van der Waals surface area contributed by atoms with E-state index >= 15 is 0 Å². The molecule has 5 aromatic rings. The molecule has 1 heterocycles. The molecule has 0 spiro atoms. The van der Waals surface area contributed by atoms with Crippen LogP contribution in [0.3, 0.4) is 0 Å². The molecule has 4 nitrogen and oxygen atoms in total. The van der Waals surface area contributed by atoms with Crippen LogP contribution in [0, 0.1) is 46.8 Å². The van der Waals surface area contributed by atoms with Crippen LogP contribution in [0.25, 0.3) is 45.3 Å². The number of hydrogen-bond donors (Lipinski definition) is 0. The molecule has 0 aliphatic heterocycles. The van der Waals surface area contributed by atoms with E-state index in [2.05, 4.69) is 107 Å². The van der Waals surface area contributed by atoms with E-state index in [1.807, 2.05) is 24.3 Å². The van der Waals surface area contributed by atoms with Crippen LogP contribution in [0.1, 0.15) is 109 Å².